The zero-order valence-corrected chi connectivity index (χ0v) is 11.4. The first kappa shape index (κ1) is 11.4. The van der Waals surface area contributed by atoms with E-state index in [1.807, 2.05) is 0 Å². The Balaban J connectivity index is 1.51. The van der Waals surface area contributed by atoms with Crippen molar-refractivity contribution in [2.24, 2.45) is 0 Å². The molecule has 4 nitrogen and oxygen atoms in total. The average Bonchev–Trinajstić information content (AvgIpc) is 2.66. The van der Waals surface area contributed by atoms with E-state index in [-0.39, 0.29) is 0 Å². The average molecular weight is 252 g/mol. The maximum atomic E-state index is 4.54. The minimum absolute atomic E-state index is 0.757. The van der Waals surface area contributed by atoms with Gasteiger partial charge < -0.3 is 9.80 Å². The minimum Gasteiger partial charge on any atom is -0.345 e. The van der Waals surface area contributed by atoms with E-state index in [1.165, 1.54) is 31.3 Å². The van der Waals surface area contributed by atoms with Gasteiger partial charge in [-0.2, -0.15) is 0 Å². The van der Waals surface area contributed by atoms with Crippen LogP contribution in [0.3, 0.4) is 0 Å². The molecule has 17 heavy (non-hydrogen) atoms. The van der Waals surface area contributed by atoms with Crippen LogP contribution in [0.4, 0.5) is 5.13 Å². The maximum absolute atomic E-state index is 4.54. The first-order valence-corrected chi connectivity index (χ1v) is 7.20. The summed E-state index contributed by atoms with van der Waals surface area (Å²) in [5, 5.41) is 3.34. The molecule has 3 rings (SSSR count). The van der Waals surface area contributed by atoms with E-state index in [2.05, 4.69) is 39.0 Å². The summed E-state index contributed by atoms with van der Waals surface area (Å²) in [6.07, 6.45) is 0. The molecule has 0 atom stereocenters. The number of anilines is 1. The van der Waals surface area contributed by atoms with E-state index in [1.54, 1.807) is 11.3 Å². The number of likely N-dealkylation sites (N-methyl/N-ethyl adjacent to an activating group) is 1. The molecule has 2 fully saturated rings. The van der Waals surface area contributed by atoms with Crippen LogP contribution in [0.5, 0.6) is 0 Å². The van der Waals surface area contributed by atoms with E-state index in [0.717, 1.165) is 24.8 Å². The number of rotatable bonds is 2. The third-order valence-electron chi connectivity index (χ3n) is 3.79. The summed E-state index contributed by atoms with van der Waals surface area (Å²) in [4.78, 5) is 12.0. The van der Waals surface area contributed by atoms with Gasteiger partial charge in [-0.3, -0.25) is 4.90 Å². The summed E-state index contributed by atoms with van der Waals surface area (Å²) in [6.45, 7) is 9.28. The predicted octanol–water partition coefficient (Wildman–Crippen LogP) is 0.888. The molecule has 0 bridgehead atoms. The van der Waals surface area contributed by atoms with E-state index >= 15 is 0 Å². The van der Waals surface area contributed by atoms with Gasteiger partial charge in [0.25, 0.3) is 0 Å². The summed E-state index contributed by atoms with van der Waals surface area (Å²) < 4.78 is 0. The molecule has 3 heterocycles. The fraction of sp³-hybridized carbons (Fsp3) is 0.750. The van der Waals surface area contributed by atoms with Crippen molar-refractivity contribution in [1.29, 1.82) is 0 Å². The third kappa shape index (κ3) is 2.32. The SMILES string of the molecule is Cc1csc(N2CC(N3CCN(C)CC3)C2)n1. The van der Waals surface area contributed by atoms with Crippen molar-refractivity contribution >= 4 is 16.5 Å². The molecule has 0 aromatic carbocycles. The van der Waals surface area contributed by atoms with Gasteiger partial charge in [0.2, 0.25) is 0 Å². The van der Waals surface area contributed by atoms with Gasteiger partial charge in [-0.15, -0.1) is 11.3 Å². The smallest absolute Gasteiger partial charge is 0.185 e. The van der Waals surface area contributed by atoms with Crippen LogP contribution in [0.2, 0.25) is 0 Å². The van der Waals surface area contributed by atoms with Crippen molar-refractivity contribution in [2.75, 3.05) is 51.2 Å². The number of aryl methyl sites for hydroxylation is 1. The zero-order valence-electron chi connectivity index (χ0n) is 10.6. The molecule has 94 valence electrons. The largest absolute Gasteiger partial charge is 0.345 e. The van der Waals surface area contributed by atoms with Crippen LogP contribution < -0.4 is 4.90 Å². The van der Waals surface area contributed by atoms with Crippen LogP contribution in [-0.4, -0.2) is 67.1 Å². The second kappa shape index (κ2) is 4.55. The second-order valence-corrected chi connectivity index (χ2v) is 6.01. The first-order chi connectivity index (χ1) is 8.22. The number of thiazole rings is 1. The number of piperazine rings is 1. The number of aromatic nitrogens is 1. The molecule has 1 aromatic rings. The quantitative estimate of drug-likeness (QED) is 0.779. The number of hydrogen-bond donors (Lipinski definition) is 0. The number of hydrogen-bond acceptors (Lipinski definition) is 5. The van der Waals surface area contributed by atoms with Crippen LogP contribution >= 0.6 is 11.3 Å². The lowest BCUT2D eigenvalue weighted by molar-refractivity contribution is 0.0963. The summed E-state index contributed by atoms with van der Waals surface area (Å²) in [6, 6.07) is 0.757. The fourth-order valence-electron chi connectivity index (χ4n) is 2.52. The standard InChI is InChI=1S/C12H20N4S/c1-10-9-17-12(13-10)16-7-11(8-16)15-5-3-14(2)4-6-15/h9,11H,3-8H2,1-2H3. The van der Waals surface area contributed by atoms with Crippen molar-refractivity contribution in [3.63, 3.8) is 0 Å². The van der Waals surface area contributed by atoms with Crippen molar-refractivity contribution in [3.05, 3.63) is 11.1 Å². The van der Waals surface area contributed by atoms with Crippen LogP contribution in [0.25, 0.3) is 0 Å². The second-order valence-electron chi connectivity index (χ2n) is 5.17. The van der Waals surface area contributed by atoms with Crippen molar-refractivity contribution in [3.8, 4) is 0 Å². The van der Waals surface area contributed by atoms with Crippen LogP contribution in [0, 0.1) is 6.92 Å². The molecule has 0 spiro atoms. The van der Waals surface area contributed by atoms with E-state index in [9.17, 15) is 0 Å². The molecular formula is C12H20N4S. The Morgan fingerprint density at radius 3 is 2.53 bits per heavy atom. The highest BCUT2D eigenvalue weighted by Crippen LogP contribution is 2.27. The van der Waals surface area contributed by atoms with E-state index in [4.69, 9.17) is 0 Å². The molecule has 1 aromatic heterocycles. The molecule has 0 saturated carbocycles. The van der Waals surface area contributed by atoms with Gasteiger partial charge in [0, 0.05) is 50.7 Å². The summed E-state index contributed by atoms with van der Waals surface area (Å²) in [7, 11) is 2.21. The van der Waals surface area contributed by atoms with Gasteiger partial charge in [-0.05, 0) is 14.0 Å². The van der Waals surface area contributed by atoms with Gasteiger partial charge in [-0.25, -0.2) is 4.98 Å². The lowest BCUT2D eigenvalue weighted by Gasteiger charge is -2.47. The van der Waals surface area contributed by atoms with Crippen molar-refractivity contribution in [2.45, 2.75) is 13.0 Å². The Morgan fingerprint density at radius 1 is 1.24 bits per heavy atom. The monoisotopic (exact) mass is 252 g/mol. The Morgan fingerprint density at radius 2 is 1.94 bits per heavy atom. The molecule has 2 saturated heterocycles. The van der Waals surface area contributed by atoms with E-state index in [0.29, 0.717) is 0 Å². The maximum Gasteiger partial charge on any atom is 0.185 e. The molecule has 5 heteroatoms. The minimum atomic E-state index is 0.757. The topological polar surface area (TPSA) is 22.6 Å². The Labute approximate surface area is 107 Å². The fourth-order valence-corrected chi connectivity index (χ4v) is 3.34. The highest BCUT2D eigenvalue weighted by Gasteiger charge is 2.34. The van der Waals surface area contributed by atoms with E-state index < -0.39 is 0 Å². The van der Waals surface area contributed by atoms with Gasteiger partial charge in [0.1, 0.15) is 0 Å². The lowest BCUT2D eigenvalue weighted by atomic mass is 10.1. The first-order valence-electron chi connectivity index (χ1n) is 6.32. The Bertz CT molecular complexity index is 378. The molecule has 0 amide bonds. The Kier molecular flexibility index (Phi) is 3.06. The lowest BCUT2D eigenvalue weighted by Crippen LogP contribution is -2.63. The van der Waals surface area contributed by atoms with Gasteiger partial charge >= 0.3 is 0 Å². The molecule has 0 aliphatic carbocycles. The van der Waals surface area contributed by atoms with Gasteiger partial charge in [0.15, 0.2) is 5.13 Å². The normalized spacial score (nSPS) is 24.0. The molecule has 0 N–H and O–H groups in total. The molecular weight excluding hydrogens is 232 g/mol. The van der Waals surface area contributed by atoms with Gasteiger partial charge in [0.05, 0.1) is 5.69 Å². The summed E-state index contributed by atoms with van der Waals surface area (Å²) in [5.74, 6) is 0. The molecule has 0 unspecified atom stereocenters. The molecule has 2 aliphatic rings. The van der Waals surface area contributed by atoms with Crippen LogP contribution in [0.15, 0.2) is 5.38 Å². The highest BCUT2D eigenvalue weighted by molar-refractivity contribution is 7.13. The predicted molar refractivity (Wildman–Crippen MR) is 71.9 cm³/mol. The summed E-state index contributed by atoms with van der Waals surface area (Å²) in [5.41, 5.74) is 1.15. The molecule has 0 radical (unpaired) electrons. The van der Waals surface area contributed by atoms with Crippen LogP contribution in [0.1, 0.15) is 5.69 Å². The third-order valence-corrected chi connectivity index (χ3v) is 4.81. The molecule has 2 aliphatic heterocycles. The summed E-state index contributed by atoms with van der Waals surface area (Å²) >= 11 is 1.77. The number of nitrogens with zero attached hydrogens (tertiary/aromatic N) is 4. The van der Waals surface area contributed by atoms with Crippen LogP contribution in [-0.2, 0) is 0 Å². The van der Waals surface area contributed by atoms with Gasteiger partial charge in [-0.1, -0.05) is 0 Å². The zero-order chi connectivity index (χ0) is 11.8. The Hall–Kier alpha value is -0.650. The highest BCUT2D eigenvalue weighted by atomic mass is 32.1. The van der Waals surface area contributed by atoms with Crippen molar-refractivity contribution < 1.29 is 0 Å². The van der Waals surface area contributed by atoms with Crippen molar-refractivity contribution in [1.82, 2.24) is 14.8 Å².